The number of carbonyl (C=O) groups excluding carboxylic acids is 2. The SMILES string of the molecule is COc1ccc(C)cc1CCNC(=O)[C@H](CC(C)C)NC(N)=O. The van der Waals surface area contributed by atoms with Crippen molar-refractivity contribution >= 4 is 11.9 Å². The Balaban J connectivity index is 2.60. The molecule has 128 valence electrons. The molecule has 0 fully saturated rings. The number of carbonyl (C=O) groups is 2. The molecule has 0 radical (unpaired) electrons. The van der Waals surface area contributed by atoms with Crippen LogP contribution in [-0.4, -0.2) is 31.6 Å². The summed E-state index contributed by atoms with van der Waals surface area (Å²) in [5, 5.41) is 5.34. The second-order valence-electron chi connectivity index (χ2n) is 6.05. The summed E-state index contributed by atoms with van der Waals surface area (Å²) in [7, 11) is 1.63. The Morgan fingerprint density at radius 3 is 2.57 bits per heavy atom. The van der Waals surface area contributed by atoms with Crippen molar-refractivity contribution in [2.75, 3.05) is 13.7 Å². The van der Waals surface area contributed by atoms with Crippen LogP contribution in [-0.2, 0) is 11.2 Å². The van der Waals surface area contributed by atoms with Crippen LogP contribution in [0.15, 0.2) is 18.2 Å². The fraction of sp³-hybridized carbons (Fsp3) is 0.529. The molecule has 4 N–H and O–H groups in total. The standard InChI is InChI=1S/C17H27N3O3/c1-11(2)9-14(20-17(18)22)16(21)19-8-7-13-10-12(3)5-6-15(13)23-4/h5-6,10-11,14H,7-9H2,1-4H3,(H,19,21)(H3,18,20,22)/t14-/m0/s1. The van der Waals surface area contributed by atoms with Gasteiger partial charge in [-0.3, -0.25) is 4.79 Å². The number of methoxy groups -OCH3 is 1. The van der Waals surface area contributed by atoms with Crippen LogP contribution in [0.25, 0.3) is 0 Å². The zero-order chi connectivity index (χ0) is 17.4. The maximum absolute atomic E-state index is 12.2. The Labute approximate surface area is 137 Å². The van der Waals surface area contributed by atoms with Crippen LogP contribution >= 0.6 is 0 Å². The molecule has 0 aliphatic carbocycles. The molecule has 0 aliphatic rings. The van der Waals surface area contributed by atoms with Crippen LogP contribution in [0, 0.1) is 12.8 Å². The Kier molecular flexibility index (Phi) is 7.38. The highest BCUT2D eigenvalue weighted by molar-refractivity contribution is 5.86. The first kappa shape index (κ1) is 18.8. The summed E-state index contributed by atoms with van der Waals surface area (Å²) in [5.41, 5.74) is 7.31. The lowest BCUT2D eigenvalue weighted by Crippen LogP contribution is -2.49. The van der Waals surface area contributed by atoms with Gasteiger partial charge in [-0.15, -0.1) is 0 Å². The molecule has 1 rings (SSSR count). The first-order valence-electron chi connectivity index (χ1n) is 7.80. The van der Waals surface area contributed by atoms with Gasteiger partial charge in [0, 0.05) is 6.54 Å². The quantitative estimate of drug-likeness (QED) is 0.681. The molecular weight excluding hydrogens is 294 g/mol. The van der Waals surface area contributed by atoms with Crippen LogP contribution in [0.2, 0.25) is 0 Å². The van der Waals surface area contributed by atoms with E-state index in [4.69, 9.17) is 10.5 Å². The fourth-order valence-electron chi connectivity index (χ4n) is 2.42. The smallest absolute Gasteiger partial charge is 0.312 e. The first-order valence-corrected chi connectivity index (χ1v) is 7.80. The Morgan fingerprint density at radius 1 is 1.30 bits per heavy atom. The van der Waals surface area contributed by atoms with Crippen molar-refractivity contribution in [1.29, 1.82) is 0 Å². The minimum atomic E-state index is -0.689. The third kappa shape index (κ3) is 6.59. The van der Waals surface area contributed by atoms with Gasteiger partial charge in [-0.2, -0.15) is 0 Å². The van der Waals surface area contributed by atoms with Crippen LogP contribution in [0.5, 0.6) is 5.75 Å². The van der Waals surface area contributed by atoms with E-state index in [0.717, 1.165) is 16.9 Å². The van der Waals surface area contributed by atoms with Crippen LogP contribution in [0.1, 0.15) is 31.4 Å². The molecule has 0 aromatic heterocycles. The number of nitrogens with two attached hydrogens (primary N) is 1. The molecule has 0 unspecified atom stereocenters. The second-order valence-corrected chi connectivity index (χ2v) is 6.05. The molecule has 0 aliphatic heterocycles. The van der Waals surface area contributed by atoms with E-state index in [0.29, 0.717) is 19.4 Å². The van der Waals surface area contributed by atoms with Crippen molar-refractivity contribution in [3.63, 3.8) is 0 Å². The molecule has 1 atom stereocenters. The van der Waals surface area contributed by atoms with Crippen LogP contribution in [0.3, 0.4) is 0 Å². The molecular formula is C17H27N3O3. The zero-order valence-corrected chi connectivity index (χ0v) is 14.3. The minimum absolute atomic E-state index is 0.218. The molecule has 0 saturated heterocycles. The van der Waals surface area contributed by atoms with E-state index in [1.165, 1.54) is 0 Å². The van der Waals surface area contributed by atoms with E-state index in [9.17, 15) is 9.59 Å². The fourth-order valence-corrected chi connectivity index (χ4v) is 2.42. The number of primary amides is 1. The highest BCUT2D eigenvalue weighted by atomic mass is 16.5. The molecule has 3 amide bonds. The summed E-state index contributed by atoms with van der Waals surface area (Å²) >= 11 is 0. The number of aryl methyl sites for hydroxylation is 1. The van der Waals surface area contributed by atoms with E-state index in [-0.39, 0.29) is 11.8 Å². The van der Waals surface area contributed by atoms with Crippen molar-refractivity contribution in [1.82, 2.24) is 10.6 Å². The van der Waals surface area contributed by atoms with E-state index in [1.807, 2.05) is 39.0 Å². The monoisotopic (exact) mass is 321 g/mol. The molecule has 1 aromatic carbocycles. The van der Waals surface area contributed by atoms with Gasteiger partial charge in [0.25, 0.3) is 0 Å². The number of nitrogens with one attached hydrogen (secondary N) is 2. The van der Waals surface area contributed by atoms with Gasteiger partial charge in [0.15, 0.2) is 0 Å². The molecule has 23 heavy (non-hydrogen) atoms. The second kappa shape index (κ2) is 9.02. The normalized spacial score (nSPS) is 11.9. The number of hydrogen-bond donors (Lipinski definition) is 3. The average molecular weight is 321 g/mol. The van der Waals surface area contributed by atoms with Crippen LogP contribution < -0.4 is 21.1 Å². The Hall–Kier alpha value is -2.24. The van der Waals surface area contributed by atoms with Gasteiger partial charge in [0.05, 0.1) is 7.11 Å². The predicted molar refractivity (Wildman–Crippen MR) is 90.4 cm³/mol. The predicted octanol–water partition coefficient (Wildman–Crippen LogP) is 1.75. The summed E-state index contributed by atoms with van der Waals surface area (Å²) in [6, 6.07) is 4.65. The lowest BCUT2D eigenvalue weighted by atomic mass is 10.0. The minimum Gasteiger partial charge on any atom is -0.496 e. The lowest BCUT2D eigenvalue weighted by Gasteiger charge is -2.19. The molecule has 1 aromatic rings. The molecule has 0 heterocycles. The molecule has 6 nitrogen and oxygen atoms in total. The first-order chi connectivity index (χ1) is 10.8. The maximum atomic E-state index is 12.2. The van der Waals surface area contributed by atoms with E-state index >= 15 is 0 Å². The summed E-state index contributed by atoms with van der Waals surface area (Å²) < 4.78 is 5.32. The van der Waals surface area contributed by atoms with Crippen molar-refractivity contribution in [3.05, 3.63) is 29.3 Å². The van der Waals surface area contributed by atoms with Crippen molar-refractivity contribution in [2.24, 2.45) is 11.7 Å². The number of rotatable bonds is 8. The van der Waals surface area contributed by atoms with Crippen molar-refractivity contribution in [3.8, 4) is 5.75 Å². The Morgan fingerprint density at radius 2 is 2.00 bits per heavy atom. The van der Waals surface area contributed by atoms with Gasteiger partial charge < -0.3 is 21.1 Å². The van der Waals surface area contributed by atoms with Gasteiger partial charge in [0.1, 0.15) is 11.8 Å². The number of ether oxygens (including phenoxy) is 1. The maximum Gasteiger partial charge on any atom is 0.312 e. The van der Waals surface area contributed by atoms with E-state index < -0.39 is 12.1 Å². The number of urea groups is 1. The van der Waals surface area contributed by atoms with Gasteiger partial charge in [-0.25, -0.2) is 4.79 Å². The molecule has 0 saturated carbocycles. The largest absolute Gasteiger partial charge is 0.496 e. The third-order valence-electron chi connectivity index (χ3n) is 3.47. The summed E-state index contributed by atoms with van der Waals surface area (Å²) in [4.78, 5) is 23.2. The van der Waals surface area contributed by atoms with Gasteiger partial charge >= 0.3 is 6.03 Å². The van der Waals surface area contributed by atoms with Crippen LogP contribution in [0.4, 0.5) is 4.79 Å². The van der Waals surface area contributed by atoms with Crippen molar-refractivity contribution in [2.45, 2.75) is 39.7 Å². The summed E-state index contributed by atoms with van der Waals surface area (Å²) in [6.45, 7) is 6.45. The number of hydrogen-bond acceptors (Lipinski definition) is 3. The van der Waals surface area contributed by atoms with E-state index in [1.54, 1.807) is 7.11 Å². The highest BCUT2D eigenvalue weighted by Gasteiger charge is 2.20. The molecule has 0 bridgehead atoms. The zero-order valence-electron chi connectivity index (χ0n) is 14.3. The van der Waals surface area contributed by atoms with E-state index in [2.05, 4.69) is 10.6 Å². The third-order valence-corrected chi connectivity index (χ3v) is 3.47. The molecule has 0 spiro atoms. The molecule has 6 heteroatoms. The summed E-state index contributed by atoms with van der Waals surface area (Å²) in [5.74, 6) is 0.859. The van der Waals surface area contributed by atoms with Gasteiger partial charge in [-0.1, -0.05) is 31.5 Å². The highest BCUT2D eigenvalue weighted by Crippen LogP contribution is 2.19. The van der Waals surface area contributed by atoms with Gasteiger partial charge in [0.2, 0.25) is 5.91 Å². The Bertz CT molecular complexity index is 544. The average Bonchev–Trinajstić information content (AvgIpc) is 2.45. The lowest BCUT2D eigenvalue weighted by molar-refractivity contribution is -0.123. The summed E-state index contributed by atoms with van der Waals surface area (Å²) in [6.07, 6.45) is 1.20. The number of benzene rings is 1. The van der Waals surface area contributed by atoms with Gasteiger partial charge in [-0.05, 0) is 37.3 Å². The van der Waals surface area contributed by atoms with Crippen molar-refractivity contribution < 1.29 is 14.3 Å². The topological polar surface area (TPSA) is 93.4 Å². The number of amides is 3.